The van der Waals surface area contributed by atoms with Gasteiger partial charge in [-0.3, -0.25) is 4.57 Å². The van der Waals surface area contributed by atoms with Crippen LogP contribution in [-0.2, 0) is 0 Å². The van der Waals surface area contributed by atoms with E-state index in [9.17, 15) is 9.59 Å². The first-order chi connectivity index (χ1) is 9.97. The molecule has 0 saturated heterocycles. The summed E-state index contributed by atoms with van der Waals surface area (Å²) >= 11 is 6.21. The Bertz CT molecular complexity index is 924. The molecule has 0 unspecified atom stereocenters. The lowest BCUT2D eigenvalue weighted by atomic mass is 10.2. The zero-order valence-corrected chi connectivity index (χ0v) is 11.8. The van der Waals surface area contributed by atoms with Crippen LogP contribution in [0.3, 0.4) is 0 Å². The van der Waals surface area contributed by atoms with Crippen LogP contribution >= 0.6 is 11.6 Å². The van der Waals surface area contributed by atoms with E-state index in [1.54, 1.807) is 18.2 Å². The van der Waals surface area contributed by atoms with E-state index in [1.807, 2.05) is 13.0 Å². The molecule has 2 aromatic carbocycles. The molecule has 0 atom stereocenters. The molecule has 3 rings (SSSR count). The Morgan fingerprint density at radius 2 is 2.00 bits per heavy atom. The number of carboxylic acids is 1. The average Bonchev–Trinajstić information content (AvgIpc) is 2.74. The largest absolute Gasteiger partial charge is 0.478 e. The molecule has 0 aliphatic carbocycles. The van der Waals surface area contributed by atoms with Gasteiger partial charge in [0.2, 0.25) is 0 Å². The van der Waals surface area contributed by atoms with Crippen LogP contribution in [0.25, 0.3) is 16.7 Å². The Balaban J connectivity index is 2.35. The third kappa shape index (κ3) is 2.21. The fourth-order valence-electron chi connectivity index (χ4n) is 2.27. The molecule has 6 heteroatoms. The van der Waals surface area contributed by atoms with Crippen molar-refractivity contribution in [1.29, 1.82) is 0 Å². The number of nitrogens with zero attached hydrogens (tertiary/aromatic N) is 1. The second-order valence-corrected chi connectivity index (χ2v) is 5.16. The number of carbonyl (C=O) groups is 1. The minimum absolute atomic E-state index is 0.110. The molecule has 0 amide bonds. The quantitative estimate of drug-likeness (QED) is 0.764. The van der Waals surface area contributed by atoms with Crippen molar-refractivity contribution in [3.8, 4) is 5.69 Å². The van der Waals surface area contributed by atoms with E-state index in [1.165, 1.54) is 16.7 Å². The maximum absolute atomic E-state index is 12.2. The topological polar surface area (TPSA) is 75.1 Å². The van der Waals surface area contributed by atoms with Crippen LogP contribution in [-0.4, -0.2) is 20.6 Å². The minimum atomic E-state index is -1.05. The van der Waals surface area contributed by atoms with E-state index in [4.69, 9.17) is 16.7 Å². The zero-order chi connectivity index (χ0) is 15.1. The molecule has 0 saturated carbocycles. The van der Waals surface area contributed by atoms with Crippen molar-refractivity contribution in [2.75, 3.05) is 0 Å². The number of halogens is 1. The predicted octanol–water partition coefficient (Wildman–Crippen LogP) is 2.98. The first-order valence-corrected chi connectivity index (χ1v) is 6.60. The molecular weight excluding hydrogens is 292 g/mol. The van der Waals surface area contributed by atoms with Gasteiger partial charge in [0.05, 0.1) is 27.3 Å². The van der Waals surface area contributed by atoms with Crippen molar-refractivity contribution in [2.24, 2.45) is 0 Å². The van der Waals surface area contributed by atoms with Gasteiger partial charge in [-0.05, 0) is 42.8 Å². The Hall–Kier alpha value is -2.53. The highest BCUT2D eigenvalue weighted by Gasteiger charge is 2.13. The summed E-state index contributed by atoms with van der Waals surface area (Å²) in [5.41, 5.74) is 2.27. The summed E-state index contributed by atoms with van der Waals surface area (Å²) in [6, 6.07) is 9.79. The number of H-pyrrole nitrogens is 1. The lowest BCUT2D eigenvalue weighted by molar-refractivity contribution is 0.0697. The van der Waals surface area contributed by atoms with Crippen molar-refractivity contribution in [2.45, 2.75) is 6.92 Å². The Morgan fingerprint density at radius 1 is 1.24 bits per heavy atom. The van der Waals surface area contributed by atoms with Crippen molar-refractivity contribution in [3.05, 3.63) is 63.0 Å². The van der Waals surface area contributed by atoms with Gasteiger partial charge in [0.15, 0.2) is 0 Å². The first kappa shape index (κ1) is 13.5. The SMILES string of the molecule is Cc1ccc(-n2c(=O)[nH]c3ccc(C(=O)O)cc32)c(Cl)c1. The zero-order valence-electron chi connectivity index (χ0n) is 11.1. The average molecular weight is 303 g/mol. The van der Waals surface area contributed by atoms with Gasteiger partial charge >= 0.3 is 11.7 Å². The molecule has 1 heterocycles. The van der Waals surface area contributed by atoms with Gasteiger partial charge in [0.1, 0.15) is 0 Å². The van der Waals surface area contributed by atoms with Crippen LogP contribution in [0.15, 0.2) is 41.2 Å². The van der Waals surface area contributed by atoms with Gasteiger partial charge in [-0.2, -0.15) is 0 Å². The number of nitrogens with one attached hydrogen (secondary N) is 1. The van der Waals surface area contributed by atoms with Gasteiger partial charge < -0.3 is 10.1 Å². The summed E-state index contributed by atoms with van der Waals surface area (Å²) in [5.74, 6) is -1.05. The highest BCUT2D eigenvalue weighted by molar-refractivity contribution is 6.32. The molecule has 0 radical (unpaired) electrons. The van der Waals surface area contributed by atoms with Crippen molar-refractivity contribution in [1.82, 2.24) is 9.55 Å². The van der Waals surface area contributed by atoms with Crippen molar-refractivity contribution < 1.29 is 9.90 Å². The predicted molar refractivity (Wildman–Crippen MR) is 80.6 cm³/mol. The number of aromatic amines is 1. The maximum Gasteiger partial charge on any atom is 0.335 e. The summed E-state index contributed by atoms with van der Waals surface area (Å²) in [5, 5.41) is 9.51. The summed E-state index contributed by atoms with van der Waals surface area (Å²) in [4.78, 5) is 25.9. The number of imidazole rings is 1. The highest BCUT2D eigenvalue weighted by Crippen LogP contribution is 2.24. The van der Waals surface area contributed by atoms with Crippen LogP contribution in [0.2, 0.25) is 5.02 Å². The van der Waals surface area contributed by atoms with E-state index in [2.05, 4.69) is 4.98 Å². The Labute approximate surface area is 124 Å². The molecule has 2 N–H and O–H groups in total. The van der Waals surface area contributed by atoms with Crippen LogP contribution < -0.4 is 5.69 Å². The molecule has 0 spiro atoms. The number of rotatable bonds is 2. The lowest BCUT2D eigenvalue weighted by Crippen LogP contribution is -2.15. The van der Waals surface area contributed by atoms with Crippen LogP contribution in [0, 0.1) is 6.92 Å². The number of aryl methyl sites for hydroxylation is 1. The Morgan fingerprint density at radius 3 is 2.67 bits per heavy atom. The number of hydrogen-bond donors (Lipinski definition) is 2. The molecule has 0 bridgehead atoms. The van der Waals surface area contributed by atoms with E-state index in [0.29, 0.717) is 21.7 Å². The smallest absolute Gasteiger partial charge is 0.335 e. The summed E-state index contributed by atoms with van der Waals surface area (Å²) in [6.45, 7) is 1.90. The van der Waals surface area contributed by atoms with Gasteiger partial charge in [0.25, 0.3) is 0 Å². The van der Waals surface area contributed by atoms with Gasteiger partial charge in [-0.1, -0.05) is 17.7 Å². The van der Waals surface area contributed by atoms with Gasteiger partial charge in [-0.15, -0.1) is 0 Å². The molecule has 106 valence electrons. The van der Waals surface area contributed by atoms with Gasteiger partial charge in [0, 0.05) is 0 Å². The summed E-state index contributed by atoms with van der Waals surface area (Å²) in [6.07, 6.45) is 0. The standard InChI is InChI=1S/C15H11ClN2O3/c1-8-2-5-12(10(16)6-8)18-13-7-9(14(19)20)3-4-11(13)17-15(18)21/h2-7H,1H3,(H,17,21)(H,19,20). The molecule has 0 aliphatic rings. The van der Waals surface area contributed by atoms with E-state index in [0.717, 1.165) is 5.56 Å². The van der Waals surface area contributed by atoms with Crippen LogP contribution in [0.4, 0.5) is 0 Å². The van der Waals surface area contributed by atoms with Crippen LogP contribution in [0.1, 0.15) is 15.9 Å². The Kier molecular flexibility index (Phi) is 3.07. The third-order valence-electron chi connectivity index (χ3n) is 3.27. The molecule has 21 heavy (non-hydrogen) atoms. The molecule has 3 aromatic rings. The number of carboxylic acid groups (broad SMARTS) is 1. The summed E-state index contributed by atoms with van der Waals surface area (Å²) in [7, 11) is 0. The second-order valence-electron chi connectivity index (χ2n) is 4.76. The fourth-order valence-corrected chi connectivity index (χ4v) is 2.59. The first-order valence-electron chi connectivity index (χ1n) is 6.22. The maximum atomic E-state index is 12.2. The number of fused-ring (bicyclic) bond motifs is 1. The number of aromatic carboxylic acids is 1. The molecule has 5 nitrogen and oxygen atoms in total. The molecule has 1 aromatic heterocycles. The van der Waals surface area contributed by atoms with E-state index in [-0.39, 0.29) is 11.3 Å². The van der Waals surface area contributed by atoms with E-state index >= 15 is 0 Å². The monoisotopic (exact) mass is 302 g/mol. The fraction of sp³-hybridized carbons (Fsp3) is 0.0667. The molecule has 0 fully saturated rings. The highest BCUT2D eigenvalue weighted by atomic mass is 35.5. The van der Waals surface area contributed by atoms with Crippen molar-refractivity contribution >= 4 is 28.6 Å². The molecular formula is C15H11ClN2O3. The van der Waals surface area contributed by atoms with Crippen molar-refractivity contribution in [3.63, 3.8) is 0 Å². The normalized spacial score (nSPS) is 11.0. The van der Waals surface area contributed by atoms with Crippen LogP contribution in [0.5, 0.6) is 0 Å². The molecule has 0 aliphatic heterocycles. The third-order valence-corrected chi connectivity index (χ3v) is 3.58. The number of aromatic nitrogens is 2. The second kappa shape index (κ2) is 4.79. The number of benzene rings is 2. The minimum Gasteiger partial charge on any atom is -0.478 e. The lowest BCUT2D eigenvalue weighted by Gasteiger charge is -2.07. The summed E-state index contributed by atoms with van der Waals surface area (Å²) < 4.78 is 1.38. The van der Waals surface area contributed by atoms with E-state index < -0.39 is 5.97 Å². The number of hydrogen-bond acceptors (Lipinski definition) is 2. The van der Waals surface area contributed by atoms with Gasteiger partial charge in [-0.25, -0.2) is 9.59 Å².